The number of nitrogens with one attached hydrogen (secondary N) is 1. The molecule has 9 heteroatoms. The van der Waals surface area contributed by atoms with E-state index in [1.165, 1.54) is 15.7 Å². The van der Waals surface area contributed by atoms with E-state index in [0.29, 0.717) is 11.4 Å². The molecule has 0 atom stereocenters. The van der Waals surface area contributed by atoms with Gasteiger partial charge < -0.3 is 0 Å². The average Bonchev–Trinajstić information content (AvgIpc) is 2.90. The molecule has 0 fully saturated rings. The summed E-state index contributed by atoms with van der Waals surface area (Å²) in [6.07, 6.45) is 4.21. The molecule has 1 amide bonds. The van der Waals surface area contributed by atoms with Gasteiger partial charge in [0, 0.05) is 23.7 Å². The van der Waals surface area contributed by atoms with E-state index >= 15 is 0 Å². The summed E-state index contributed by atoms with van der Waals surface area (Å²) in [7, 11) is -3.75. The Morgan fingerprint density at radius 3 is 2.67 bits per heavy atom. The maximum absolute atomic E-state index is 12.4. The lowest BCUT2D eigenvalue weighted by Crippen LogP contribution is -2.34. The van der Waals surface area contributed by atoms with Gasteiger partial charge in [-0.15, -0.1) is 11.3 Å². The zero-order valence-electron chi connectivity index (χ0n) is 12.6. The minimum atomic E-state index is -3.75. The number of amides is 1. The summed E-state index contributed by atoms with van der Waals surface area (Å²) in [5.41, 5.74) is 0.172. The van der Waals surface area contributed by atoms with Crippen molar-refractivity contribution in [3.8, 4) is 0 Å². The van der Waals surface area contributed by atoms with Crippen LogP contribution in [-0.2, 0) is 16.4 Å². The number of thiazole rings is 1. The highest BCUT2D eigenvalue weighted by molar-refractivity contribution is 7.89. The lowest BCUT2D eigenvalue weighted by Gasteiger charge is -2.01. The molecular weight excluding hydrogens is 350 g/mol. The zero-order valence-corrected chi connectivity index (χ0v) is 14.2. The lowest BCUT2D eigenvalue weighted by molar-refractivity contribution is 0.0979. The molecule has 0 saturated heterocycles. The van der Waals surface area contributed by atoms with Crippen molar-refractivity contribution in [3.63, 3.8) is 0 Å². The molecule has 0 saturated carbocycles. The number of nitrogens with zero attached hydrogens (tertiary/aromatic N) is 2. The van der Waals surface area contributed by atoms with Crippen LogP contribution in [0, 0.1) is 0 Å². The summed E-state index contributed by atoms with van der Waals surface area (Å²) in [4.78, 5) is 29.7. The first-order chi connectivity index (χ1) is 11.3. The maximum Gasteiger partial charge on any atom is 0.271 e. The van der Waals surface area contributed by atoms with Gasteiger partial charge in [-0.25, -0.2) is 18.1 Å². The van der Waals surface area contributed by atoms with E-state index in [2.05, 4.69) is 4.98 Å². The van der Waals surface area contributed by atoms with Crippen LogP contribution in [0.2, 0.25) is 0 Å². The van der Waals surface area contributed by atoms with Crippen LogP contribution < -0.4 is 10.3 Å². The highest BCUT2D eigenvalue weighted by Crippen LogP contribution is 2.18. The first-order valence-corrected chi connectivity index (χ1v) is 9.60. The Hall–Kier alpha value is -2.52. The number of carbonyl (C=O) groups excluding carboxylic acids is 1. The van der Waals surface area contributed by atoms with Gasteiger partial charge in [0.2, 0.25) is 10.0 Å². The van der Waals surface area contributed by atoms with Gasteiger partial charge in [-0.3, -0.25) is 14.0 Å². The molecular formula is C15H13N3O4S2. The van der Waals surface area contributed by atoms with Crippen LogP contribution in [0.1, 0.15) is 20.8 Å². The van der Waals surface area contributed by atoms with E-state index in [1.807, 2.05) is 30.3 Å². The van der Waals surface area contributed by atoms with Crippen molar-refractivity contribution in [2.75, 3.05) is 6.26 Å². The van der Waals surface area contributed by atoms with Gasteiger partial charge in [0.25, 0.3) is 11.5 Å². The van der Waals surface area contributed by atoms with Crippen LogP contribution in [-0.4, -0.2) is 30.0 Å². The standard InChI is InChI=1S/C15H13N3O4S2/c1-24(21,22)17-13(19)12-8-16-15-18(14(12)20)9-11(23-15)7-10-5-3-2-4-6-10/h2-6,8-9H,7H2,1H3,(H,17,19). The van der Waals surface area contributed by atoms with Gasteiger partial charge in [0.1, 0.15) is 5.56 Å². The second-order valence-electron chi connectivity index (χ2n) is 5.19. The van der Waals surface area contributed by atoms with Crippen LogP contribution in [0.3, 0.4) is 0 Å². The first kappa shape index (κ1) is 16.3. The summed E-state index contributed by atoms with van der Waals surface area (Å²) in [5, 5.41) is 0. The molecule has 7 nitrogen and oxygen atoms in total. The van der Waals surface area contributed by atoms with Gasteiger partial charge in [0.15, 0.2) is 4.96 Å². The number of rotatable bonds is 4. The highest BCUT2D eigenvalue weighted by atomic mass is 32.2. The fraction of sp³-hybridized carbons (Fsp3) is 0.133. The van der Waals surface area contributed by atoms with Crippen molar-refractivity contribution in [1.82, 2.24) is 14.1 Å². The molecule has 0 radical (unpaired) electrons. The monoisotopic (exact) mass is 363 g/mol. The smallest absolute Gasteiger partial charge is 0.268 e. The quantitative estimate of drug-likeness (QED) is 0.747. The Morgan fingerprint density at radius 1 is 1.29 bits per heavy atom. The van der Waals surface area contributed by atoms with E-state index in [-0.39, 0.29) is 5.56 Å². The van der Waals surface area contributed by atoms with Crippen LogP contribution in [0.15, 0.2) is 47.5 Å². The third kappa shape index (κ3) is 3.52. The second kappa shape index (κ2) is 6.17. The number of hydrogen-bond acceptors (Lipinski definition) is 6. The second-order valence-corrected chi connectivity index (χ2v) is 8.03. The minimum Gasteiger partial charge on any atom is -0.268 e. The predicted octanol–water partition coefficient (Wildman–Crippen LogP) is 1.04. The van der Waals surface area contributed by atoms with Crippen molar-refractivity contribution in [3.05, 3.63) is 69.1 Å². The molecule has 0 aliphatic heterocycles. The topological polar surface area (TPSA) is 97.6 Å². The summed E-state index contributed by atoms with van der Waals surface area (Å²) in [6.45, 7) is 0. The molecule has 1 aromatic carbocycles. The fourth-order valence-electron chi connectivity index (χ4n) is 2.19. The van der Waals surface area contributed by atoms with Crippen LogP contribution >= 0.6 is 11.3 Å². The van der Waals surface area contributed by atoms with Crippen LogP contribution in [0.25, 0.3) is 4.96 Å². The van der Waals surface area contributed by atoms with E-state index in [9.17, 15) is 18.0 Å². The minimum absolute atomic E-state index is 0.318. The highest BCUT2D eigenvalue weighted by Gasteiger charge is 2.18. The molecule has 124 valence electrons. The predicted molar refractivity (Wildman–Crippen MR) is 90.9 cm³/mol. The van der Waals surface area contributed by atoms with Crippen molar-refractivity contribution in [1.29, 1.82) is 0 Å². The Balaban J connectivity index is 1.97. The van der Waals surface area contributed by atoms with Crippen molar-refractivity contribution in [2.24, 2.45) is 0 Å². The van der Waals surface area contributed by atoms with E-state index in [1.54, 1.807) is 10.9 Å². The Kier molecular flexibility index (Phi) is 4.20. The number of aromatic nitrogens is 2. The van der Waals surface area contributed by atoms with Gasteiger partial charge in [-0.05, 0) is 5.56 Å². The van der Waals surface area contributed by atoms with Gasteiger partial charge in [0.05, 0.1) is 6.26 Å². The molecule has 2 heterocycles. The fourth-order valence-corrected chi connectivity index (χ4v) is 3.61. The molecule has 0 aliphatic rings. The number of hydrogen-bond donors (Lipinski definition) is 1. The van der Waals surface area contributed by atoms with E-state index in [0.717, 1.165) is 22.9 Å². The average molecular weight is 363 g/mol. The van der Waals surface area contributed by atoms with Crippen molar-refractivity contribution < 1.29 is 13.2 Å². The number of carbonyl (C=O) groups is 1. The van der Waals surface area contributed by atoms with E-state index < -0.39 is 21.5 Å². The Bertz CT molecular complexity index is 1070. The number of sulfonamides is 1. The first-order valence-electron chi connectivity index (χ1n) is 6.89. The maximum atomic E-state index is 12.4. The number of benzene rings is 1. The van der Waals surface area contributed by atoms with E-state index in [4.69, 9.17) is 0 Å². The van der Waals surface area contributed by atoms with Crippen LogP contribution in [0.4, 0.5) is 0 Å². The third-order valence-corrected chi connectivity index (χ3v) is 4.75. The molecule has 0 spiro atoms. The molecule has 3 aromatic rings. The van der Waals surface area contributed by atoms with Gasteiger partial charge in [-0.1, -0.05) is 30.3 Å². The van der Waals surface area contributed by atoms with Gasteiger partial charge >= 0.3 is 0 Å². The molecule has 0 aliphatic carbocycles. The van der Waals surface area contributed by atoms with Gasteiger partial charge in [-0.2, -0.15) is 0 Å². The molecule has 0 unspecified atom stereocenters. The summed E-state index contributed by atoms with van der Waals surface area (Å²) >= 11 is 1.34. The molecule has 1 N–H and O–H groups in total. The number of fused-ring (bicyclic) bond motifs is 1. The molecule has 24 heavy (non-hydrogen) atoms. The Morgan fingerprint density at radius 2 is 2.00 bits per heavy atom. The zero-order chi connectivity index (χ0) is 17.3. The SMILES string of the molecule is CS(=O)(=O)NC(=O)c1cnc2sc(Cc3ccccc3)cn2c1=O. The molecule has 0 bridgehead atoms. The normalized spacial score (nSPS) is 11.5. The van der Waals surface area contributed by atoms with Crippen LogP contribution in [0.5, 0.6) is 0 Å². The molecule has 2 aromatic heterocycles. The lowest BCUT2D eigenvalue weighted by atomic mass is 10.1. The largest absolute Gasteiger partial charge is 0.271 e. The summed E-state index contributed by atoms with van der Waals surface area (Å²) in [6, 6.07) is 9.74. The van der Waals surface area contributed by atoms with Crippen molar-refractivity contribution in [2.45, 2.75) is 6.42 Å². The Labute approximate surface area is 141 Å². The van der Waals surface area contributed by atoms with Crippen molar-refractivity contribution >= 4 is 32.2 Å². The third-order valence-electron chi connectivity index (χ3n) is 3.20. The summed E-state index contributed by atoms with van der Waals surface area (Å²) in [5.74, 6) is -0.986. The summed E-state index contributed by atoms with van der Waals surface area (Å²) < 4.78 is 25.3. The molecule has 3 rings (SSSR count).